The first-order valence-corrected chi connectivity index (χ1v) is 9.78. The molecule has 0 aromatic heterocycles. The molecule has 148 valence electrons. The maximum absolute atomic E-state index is 10.4. The number of allylic oxidation sites excluding steroid dienone is 1. The first-order valence-electron chi connectivity index (χ1n) is 9.78. The zero-order valence-electron chi connectivity index (χ0n) is 16.7. The monoisotopic (exact) mass is 379 g/mol. The molecule has 2 aromatic rings. The summed E-state index contributed by atoms with van der Waals surface area (Å²) in [6.45, 7) is 4.61. The van der Waals surface area contributed by atoms with E-state index in [0.29, 0.717) is 18.0 Å². The molecule has 1 aliphatic heterocycles. The van der Waals surface area contributed by atoms with Crippen molar-refractivity contribution in [3.63, 3.8) is 0 Å². The fourth-order valence-corrected chi connectivity index (χ4v) is 3.43. The van der Waals surface area contributed by atoms with Gasteiger partial charge in [0.2, 0.25) is 0 Å². The second-order valence-corrected chi connectivity index (χ2v) is 6.98. The molecule has 0 bridgehead atoms. The van der Waals surface area contributed by atoms with E-state index in [2.05, 4.69) is 35.2 Å². The summed E-state index contributed by atoms with van der Waals surface area (Å²) < 4.78 is 11.2. The van der Waals surface area contributed by atoms with Crippen LogP contribution in [0.4, 0.5) is 0 Å². The number of rotatable bonds is 8. The van der Waals surface area contributed by atoms with Crippen LogP contribution in [0.5, 0.6) is 11.5 Å². The van der Waals surface area contributed by atoms with Crippen LogP contribution in [0.1, 0.15) is 24.5 Å². The normalized spacial score (nSPS) is 16.0. The van der Waals surface area contributed by atoms with E-state index in [0.717, 1.165) is 25.1 Å². The molecule has 1 N–H and O–H groups in total. The minimum absolute atomic E-state index is 0.241. The van der Waals surface area contributed by atoms with Gasteiger partial charge in [0, 0.05) is 19.6 Å². The third kappa shape index (κ3) is 5.47. The van der Waals surface area contributed by atoms with Crippen LogP contribution in [0, 0.1) is 0 Å². The zero-order chi connectivity index (χ0) is 19.8. The second-order valence-electron chi connectivity index (χ2n) is 6.98. The molecule has 3 rings (SSSR count). The van der Waals surface area contributed by atoms with Gasteiger partial charge in [0.25, 0.3) is 0 Å². The Morgan fingerprint density at radius 3 is 2.64 bits per heavy atom. The van der Waals surface area contributed by atoms with Gasteiger partial charge in [-0.15, -0.1) is 0 Å². The summed E-state index contributed by atoms with van der Waals surface area (Å²) in [5.41, 5.74) is 3.73. The van der Waals surface area contributed by atoms with Crippen molar-refractivity contribution in [2.75, 3.05) is 33.4 Å². The van der Waals surface area contributed by atoms with Gasteiger partial charge in [-0.1, -0.05) is 54.6 Å². The summed E-state index contributed by atoms with van der Waals surface area (Å²) in [7, 11) is 1.63. The predicted molar refractivity (Wildman–Crippen MR) is 115 cm³/mol. The zero-order valence-corrected chi connectivity index (χ0v) is 16.7. The van der Waals surface area contributed by atoms with Gasteiger partial charge in [0.15, 0.2) is 11.5 Å². The largest absolute Gasteiger partial charge is 0.493 e. The third-order valence-corrected chi connectivity index (χ3v) is 4.88. The molecule has 0 spiro atoms. The summed E-state index contributed by atoms with van der Waals surface area (Å²) in [5.74, 6) is 1.33. The Bertz CT molecular complexity index is 814. The molecule has 28 heavy (non-hydrogen) atoms. The van der Waals surface area contributed by atoms with Crippen LogP contribution in [0.15, 0.2) is 60.7 Å². The minimum Gasteiger partial charge on any atom is -0.493 e. The molecule has 0 radical (unpaired) electrons. The highest BCUT2D eigenvalue weighted by molar-refractivity contribution is 5.66. The van der Waals surface area contributed by atoms with Crippen molar-refractivity contribution in [1.29, 1.82) is 0 Å². The van der Waals surface area contributed by atoms with E-state index in [1.807, 2.05) is 43.3 Å². The van der Waals surface area contributed by atoms with E-state index in [9.17, 15) is 5.11 Å². The summed E-state index contributed by atoms with van der Waals surface area (Å²) in [6.07, 6.45) is 6.70. The number of hydrogen-bond acceptors (Lipinski definition) is 4. The van der Waals surface area contributed by atoms with Gasteiger partial charge in [-0.2, -0.15) is 0 Å². The molecule has 0 saturated heterocycles. The summed E-state index contributed by atoms with van der Waals surface area (Å²) in [5, 5.41) is 10.4. The lowest BCUT2D eigenvalue weighted by molar-refractivity contribution is 0.0706. The molecule has 2 aromatic carbocycles. The van der Waals surface area contributed by atoms with E-state index >= 15 is 0 Å². The molecular formula is C24H29NO3. The standard InChI is InChI=1S/C24H29NO3/c1-3-7-19-10-11-23(24(16-19)27-2)28-18-22(26)17-25-14-12-21(13-15-25)20-8-5-4-6-9-20/h3-12,16,22,26H,13-15,17-18H2,1-2H3/b7-3+. The van der Waals surface area contributed by atoms with Crippen LogP contribution >= 0.6 is 0 Å². The van der Waals surface area contributed by atoms with Crippen LogP contribution in [0.2, 0.25) is 0 Å². The van der Waals surface area contributed by atoms with E-state index in [1.165, 1.54) is 11.1 Å². The average molecular weight is 380 g/mol. The molecule has 0 amide bonds. The van der Waals surface area contributed by atoms with Crippen molar-refractivity contribution in [3.8, 4) is 11.5 Å². The molecule has 1 unspecified atom stereocenters. The third-order valence-electron chi connectivity index (χ3n) is 4.88. The highest BCUT2D eigenvalue weighted by Gasteiger charge is 2.17. The first kappa shape index (κ1) is 20.2. The number of hydrogen-bond donors (Lipinski definition) is 1. The quantitative estimate of drug-likeness (QED) is 0.744. The van der Waals surface area contributed by atoms with Crippen molar-refractivity contribution in [2.24, 2.45) is 0 Å². The maximum atomic E-state index is 10.4. The summed E-state index contributed by atoms with van der Waals surface area (Å²) >= 11 is 0. The average Bonchev–Trinajstić information content (AvgIpc) is 2.74. The van der Waals surface area contributed by atoms with Gasteiger partial charge < -0.3 is 14.6 Å². The van der Waals surface area contributed by atoms with Crippen molar-refractivity contribution < 1.29 is 14.6 Å². The fraction of sp³-hybridized carbons (Fsp3) is 0.333. The number of aliphatic hydroxyl groups is 1. The van der Waals surface area contributed by atoms with Gasteiger partial charge in [-0.3, -0.25) is 4.90 Å². The Kier molecular flexibility index (Phi) is 7.29. The predicted octanol–water partition coefficient (Wildman–Crippen LogP) is 4.26. The van der Waals surface area contributed by atoms with Gasteiger partial charge >= 0.3 is 0 Å². The maximum Gasteiger partial charge on any atom is 0.161 e. The smallest absolute Gasteiger partial charge is 0.161 e. The van der Waals surface area contributed by atoms with Crippen molar-refractivity contribution in [1.82, 2.24) is 4.90 Å². The number of β-amino-alcohol motifs (C(OH)–C–C–N with tert-alkyl or cyclic N) is 1. The number of ether oxygens (including phenoxy) is 2. The lowest BCUT2D eigenvalue weighted by atomic mass is 9.99. The van der Waals surface area contributed by atoms with E-state index in [4.69, 9.17) is 9.47 Å². The van der Waals surface area contributed by atoms with Gasteiger partial charge in [0.1, 0.15) is 12.7 Å². The van der Waals surface area contributed by atoms with Crippen molar-refractivity contribution >= 4 is 11.6 Å². The molecular weight excluding hydrogens is 350 g/mol. The van der Waals surface area contributed by atoms with Gasteiger partial charge in [-0.25, -0.2) is 0 Å². The number of nitrogens with zero attached hydrogens (tertiary/aromatic N) is 1. The molecule has 0 fully saturated rings. The van der Waals surface area contributed by atoms with Crippen molar-refractivity contribution in [2.45, 2.75) is 19.4 Å². The van der Waals surface area contributed by atoms with Crippen LogP contribution in [0.25, 0.3) is 11.6 Å². The lowest BCUT2D eigenvalue weighted by Gasteiger charge is -2.28. The number of benzene rings is 2. The SMILES string of the molecule is C/C=C/c1ccc(OCC(O)CN2CC=C(c3ccccc3)CC2)c(OC)c1. The Balaban J connectivity index is 1.50. The molecule has 1 aliphatic rings. The second kappa shape index (κ2) is 10.1. The Hall–Kier alpha value is -2.56. The van der Waals surface area contributed by atoms with E-state index < -0.39 is 6.10 Å². The minimum atomic E-state index is -0.549. The number of methoxy groups -OCH3 is 1. The van der Waals surface area contributed by atoms with Crippen LogP contribution < -0.4 is 9.47 Å². The Morgan fingerprint density at radius 2 is 1.96 bits per heavy atom. The van der Waals surface area contributed by atoms with E-state index in [-0.39, 0.29) is 6.61 Å². The van der Waals surface area contributed by atoms with Crippen molar-refractivity contribution in [3.05, 3.63) is 71.8 Å². The highest BCUT2D eigenvalue weighted by Crippen LogP contribution is 2.29. The van der Waals surface area contributed by atoms with Crippen LogP contribution in [-0.4, -0.2) is 49.5 Å². The molecule has 1 heterocycles. The molecule has 4 nitrogen and oxygen atoms in total. The Labute approximate surface area is 167 Å². The lowest BCUT2D eigenvalue weighted by Crippen LogP contribution is -2.38. The molecule has 1 atom stereocenters. The van der Waals surface area contributed by atoms with Crippen LogP contribution in [-0.2, 0) is 0 Å². The molecule has 4 heteroatoms. The molecule has 0 saturated carbocycles. The summed E-state index contributed by atoms with van der Waals surface area (Å²) in [4.78, 5) is 2.26. The van der Waals surface area contributed by atoms with Gasteiger partial charge in [-0.05, 0) is 42.2 Å². The van der Waals surface area contributed by atoms with Crippen LogP contribution in [0.3, 0.4) is 0 Å². The fourth-order valence-electron chi connectivity index (χ4n) is 3.43. The molecule has 0 aliphatic carbocycles. The van der Waals surface area contributed by atoms with Gasteiger partial charge in [0.05, 0.1) is 7.11 Å². The topological polar surface area (TPSA) is 41.9 Å². The first-order chi connectivity index (χ1) is 13.7. The Morgan fingerprint density at radius 1 is 1.14 bits per heavy atom. The number of aliphatic hydroxyl groups excluding tert-OH is 1. The summed E-state index contributed by atoms with van der Waals surface area (Å²) in [6, 6.07) is 16.3. The van der Waals surface area contributed by atoms with E-state index in [1.54, 1.807) is 7.11 Å². The highest BCUT2D eigenvalue weighted by atomic mass is 16.5.